The molecule has 1 N–H and O–H groups in total. The summed E-state index contributed by atoms with van der Waals surface area (Å²) in [5, 5.41) is 6.41. The molecule has 0 atom stereocenters. The minimum absolute atomic E-state index is 0.0475. The topological polar surface area (TPSA) is 72.4 Å². The fourth-order valence-electron chi connectivity index (χ4n) is 2.63. The predicted octanol–water partition coefficient (Wildman–Crippen LogP) is 4.87. The van der Waals surface area contributed by atoms with E-state index in [-0.39, 0.29) is 22.7 Å². The molecule has 142 valence electrons. The molecule has 0 saturated carbocycles. The Morgan fingerprint density at radius 3 is 2.64 bits per heavy atom. The van der Waals surface area contributed by atoms with Crippen LogP contribution in [-0.4, -0.2) is 20.5 Å². The third-order valence-corrected chi connectivity index (χ3v) is 4.84. The van der Waals surface area contributed by atoms with E-state index < -0.39 is 17.8 Å². The molecule has 28 heavy (non-hydrogen) atoms. The molecule has 0 aliphatic rings. The van der Waals surface area contributed by atoms with Crippen molar-refractivity contribution in [3.63, 3.8) is 0 Å². The summed E-state index contributed by atoms with van der Waals surface area (Å²) in [6.07, 6.45) is -2.30. The van der Waals surface area contributed by atoms with Crippen molar-refractivity contribution in [2.24, 2.45) is 0 Å². The molecular formula is C18H10F3IN4O2. The molecular weight excluding hydrogens is 488 g/mol. The van der Waals surface area contributed by atoms with Gasteiger partial charge in [0.05, 0.1) is 18.1 Å². The molecule has 0 radical (unpaired) electrons. The average Bonchev–Trinajstić information content (AvgIpc) is 3.31. The molecule has 4 aromatic rings. The summed E-state index contributed by atoms with van der Waals surface area (Å²) in [6, 6.07) is 10.9. The maximum absolute atomic E-state index is 13.5. The number of fused-ring (bicyclic) bond motifs is 1. The van der Waals surface area contributed by atoms with E-state index in [1.807, 2.05) is 22.6 Å². The van der Waals surface area contributed by atoms with E-state index in [0.717, 1.165) is 15.8 Å². The molecule has 0 saturated heterocycles. The largest absolute Gasteiger partial charge is 0.463 e. The van der Waals surface area contributed by atoms with Crippen molar-refractivity contribution in [2.75, 3.05) is 5.32 Å². The van der Waals surface area contributed by atoms with Crippen LogP contribution in [0.15, 0.2) is 59.3 Å². The number of rotatable bonds is 3. The van der Waals surface area contributed by atoms with Gasteiger partial charge in [-0.3, -0.25) is 4.79 Å². The van der Waals surface area contributed by atoms with Gasteiger partial charge in [-0.25, -0.2) is 9.50 Å². The van der Waals surface area contributed by atoms with Crippen LogP contribution in [0.4, 0.5) is 18.9 Å². The van der Waals surface area contributed by atoms with Crippen LogP contribution < -0.4 is 5.32 Å². The predicted molar refractivity (Wildman–Crippen MR) is 103 cm³/mol. The Morgan fingerprint density at radius 2 is 1.96 bits per heavy atom. The Hall–Kier alpha value is -2.89. The van der Waals surface area contributed by atoms with Crippen LogP contribution in [0.3, 0.4) is 0 Å². The number of carbonyl (C=O) groups is 1. The Bertz CT molecular complexity index is 1170. The molecule has 0 bridgehead atoms. The summed E-state index contributed by atoms with van der Waals surface area (Å²) in [7, 11) is 0. The van der Waals surface area contributed by atoms with Gasteiger partial charge in [-0.05, 0) is 52.9 Å². The van der Waals surface area contributed by atoms with Gasteiger partial charge < -0.3 is 9.73 Å². The first kappa shape index (κ1) is 18.5. The summed E-state index contributed by atoms with van der Waals surface area (Å²) in [4.78, 5) is 16.9. The van der Waals surface area contributed by atoms with E-state index in [2.05, 4.69) is 15.4 Å². The Kier molecular flexibility index (Phi) is 4.57. The van der Waals surface area contributed by atoms with Gasteiger partial charge in [0.2, 0.25) is 0 Å². The maximum Gasteiger partial charge on any atom is 0.433 e. The number of furan rings is 1. The minimum Gasteiger partial charge on any atom is -0.463 e. The Morgan fingerprint density at radius 1 is 1.18 bits per heavy atom. The zero-order chi connectivity index (χ0) is 19.9. The zero-order valence-corrected chi connectivity index (χ0v) is 16.0. The van der Waals surface area contributed by atoms with Crippen LogP contribution in [0.5, 0.6) is 0 Å². The van der Waals surface area contributed by atoms with Gasteiger partial charge in [0.1, 0.15) is 11.3 Å². The van der Waals surface area contributed by atoms with Crippen molar-refractivity contribution < 1.29 is 22.4 Å². The van der Waals surface area contributed by atoms with E-state index in [1.54, 1.807) is 24.3 Å². The normalized spacial score (nSPS) is 11.7. The molecule has 10 heteroatoms. The summed E-state index contributed by atoms with van der Waals surface area (Å²) >= 11 is 2.05. The molecule has 0 fully saturated rings. The van der Waals surface area contributed by atoms with Crippen LogP contribution in [-0.2, 0) is 6.18 Å². The van der Waals surface area contributed by atoms with Crippen molar-refractivity contribution in [1.29, 1.82) is 0 Å². The van der Waals surface area contributed by atoms with Crippen LogP contribution >= 0.6 is 22.6 Å². The lowest BCUT2D eigenvalue weighted by atomic mass is 10.2. The number of halogens is 4. The van der Waals surface area contributed by atoms with Crippen molar-refractivity contribution in [1.82, 2.24) is 14.6 Å². The summed E-state index contributed by atoms with van der Waals surface area (Å²) < 4.78 is 47.1. The van der Waals surface area contributed by atoms with Gasteiger partial charge >= 0.3 is 6.18 Å². The SMILES string of the molecule is O=C(Nc1ccccc1I)c1cnn2c(C(F)(F)F)cc(-c3ccco3)nc12. The number of anilines is 1. The Balaban J connectivity index is 1.85. The van der Waals surface area contributed by atoms with Crippen LogP contribution in [0.2, 0.25) is 0 Å². The fourth-order valence-corrected chi connectivity index (χ4v) is 3.15. The molecule has 1 aromatic carbocycles. The van der Waals surface area contributed by atoms with E-state index in [1.165, 1.54) is 18.4 Å². The third-order valence-electron chi connectivity index (χ3n) is 3.90. The third kappa shape index (κ3) is 3.35. The average molecular weight is 498 g/mol. The van der Waals surface area contributed by atoms with Crippen molar-refractivity contribution >= 4 is 39.8 Å². The second kappa shape index (κ2) is 6.93. The second-order valence-corrected chi connectivity index (χ2v) is 6.89. The zero-order valence-electron chi connectivity index (χ0n) is 13.9. The van der Waals surface area contributed by atoms with Gasteiger partial charge in [-0.15, -0.1) is 0 Å². The number of carbonyl (C=O) groups excluding carboxylic acids is 1. The van der Waals surface area contributed by atoms with Crippen LogP contribution in [0.1, 0.15) is 16.1 Å². The van der Waals surface area contributed by atoms with Gasteiger partial charge in [0.15, 0.2) is 17.1 Å². The molecule has 0 aliphatic heterocycles. The number of hydrogen-bond donors (Lipinski definition) is 1. The smallest absolute Gasteiger partial charge is 0.433 e. The quantitative estimate of drug-likeness (QED) is 0.410. The minimum atomic E-state index is -4.70. The monoisotopic (exact) mass is 498 g/mol. The highest BCUT2D eigenvalue weighted by Gasteiger charge is 2.36. The first-order chi connectivity index (χ1) is 13.3. The lowest BCUT2D eigenvalue weighted by Crippen LogP contribution is -2.16. The summed E-state index contributed by atoms with van der Waals surface area (Å²) in [5.74, 6) is -0.463. The molecule has 0 aliphatic carbocycles. The molecule has 6 nitrogen and oxygen atoms in total. The number of para-hydroxylation sites is 1. The molecule has 1 amide bonds. The Labute approximate surface area is 169 Å². The maximum atomic E-state index is 13.5. The van der Waals surface area contributed by atoms with E-state index in [4.69, 9.17) is 4.42 Å². The highest BCUT2D eigenvalue weighted by Crippen LogP contribution is 2.33. The second-order valence-electron chi connectivity index (χ2n) is 5.73. The van der Waals surface area contributed by atoms with E-state index in [0.29, 0.717) is 10.2 Å². The molecule has 3 aromatic heterocycles. The van der Waals surface area contributed by atoms with Crippen molar-refractivity contribution in [2.45, 2.75) is 6.18 Å². The lowest BCUT2D eigenvalue weighted by molar-refractivity contribution is -0.142. The highest BCUT2D eigenvalue weighted by molar-refractivity contribution is 14.1. The highest BCUT2D eigenvalue weighted by atomic mass is 127. The van der Waals surface area contributed by atoms with E-state index >= 15 is 0 Å². The van der Waals surface area contributed by atoms with Crippen molar-refractivity contribution in [3.8, 4) is 11.5 Å². The van der Waals surface area contributed by atoms with Crippen LogP contribution in [0, 0.1) is 3.57 Å². The van der Waals surface area contributed by atoms with E-state index in [9.17, 15) is 18.0 Å². The van der Waals surface area contributed by atoms with Crippen molar-refractivity contribution in [3.05, 3.63) is 69.8 Å². The molecule has 0 spiro atoms. The number of nitrogens with zero attached hydrogens (tertiary/aromatic N) is 3. The fraction of sp³-hybridized carbons (Fsp3) is 0.0556. The molecule has 0 unspecified atom stereocenters. The first-order valence-electron chi connectivity index (χ1n) is 7.90. The van der Waals surface area contributed by atoms with Gasteiger partial charge in [-0.2, -0.15) is 18.3 Å². The number of amides is 1. The molecule has 4 rings (SSSR count). The number of nitrogens with one attached hydrogen (secondary N) is 1. The van der Waals surface area contributed by atoms with Gasteiger partial charge in [-0.1, -0.05) is 12.1 Å². The lowest BCUT2D eigenvalue weighted by Gasteiger charge is -2.11. The summed E-state index contributed by atoms with van der Waals surface area (Å²) in [6.45, 7) is 0. The number of hydrogen-bond acceptors (Lipinski definition) is 4. The number of alkyl halides is 3. The molecule has 3 heterocycles. The summed E-state index contributed by atoms with van der Waals surface area (Å²) in [5.41, 5.74) is -0.875. The number of aromatic nitrogens is 3. The standard InChI is InChI=1S/C18H10F3IN4O2/c19-18(20,21)15-8-13(14-6-3-7-28-14)24-16-10(9-23-26(15)16)17(27)25-12-5-2-1-4-11(12)22/h1-9H,(H,25,27). The first-order valence-corrected chi connectivity index (χ1v) is 8.98. The van der Waals surface area contributed by atoms with Gasteiger partial charge in [0, 0.05) is 3.57 Å². The number of benzene rings is 1. The van der Waals surface area contributed by atoms with Gasteiger partial charge in [0.25, 0.3) is 5.91 Å². The van der Waals surface area contributed by atoms with Crippen LogP contribution in [0.25, 0.3) is 17.1 Å².